The summed E-state index contributed by atoms with van der Waals surface area (Å²) in [5.41, 5.74) is 0.828. The Labute approximate surface area is 158 Å². The largest absolute Gasteiger partial charge is 0.294 e. The van der Waals surface area contributed by atoms with Gasteiger partial charge in [-0.25, -0.2) is 4.68 Å². The third kappa shape index (κ3) is 2.99. The Kier molecular flexibility index (Phi) is 4.44. The maximum absolute atomic E-state index is 12.9. The maximum Gasteiger partial charge on any atom is 0.164 e. The second kappa shape index (κ2) is 6.62. The van der Waals surface area contributed by atoms with E-state index in [1.165, 1.54) is 19.3 Å². The topological polar surface area (TPSA) is 71.6 Å². The van der Waals surface area contributed by atoms with Crippen molar-refractivity contribution in [2.45, 2.75) is 69.2 Å². The van der Waals surface area contributed by atoms with Gasteiger partial charge in [-0.05, 0) is 43.0 Å². The van der Waals surface area contributed by atoms with Gasteiger partial charge in [0.05, 0.1) is 18.0 Å². The van der Waals surface area contributed by atoms with Crippen LogP contribution < -0.4 is 0 Å². The molecular formula is C20H24N4OS. The average Bonchev–Trinajstić information content (AvgIpc) is 3.07. The van der Waals surface area contributed by atoms with Crippen molar-refractivity contribution in [3.8, 4) is 6.07 Å². The van der Waals surface area contributed by atoms with Crippen LogP contribution in [0.15, 0.2) is 23.0 Å². The molecule has 0 unspecified atom stereocenters. The molecule has 26 heavy (non-hydrogen) atoms. The fourth-order valence-corrected chi connectivity index (χ4v) is 4.95. The number of nitrogens with zero attached hydrogens (tertiary/aromatic N) is 4. The number of ketones is 1. The van der Waals surface area contributed by atoms with Crippen LogP contribution in [0.5, 0.6) is 0 Å². The van der Waals surface area contributed by atoms with Gasteiger partial charge in [0.15, 0.2) is 11.3 Å². The Morgan fingerprint density at radius 3 is 2.81 bits per heavy atom. The van der Waals surface area contributed by atoms with E-state index in [-0.39, 0.29) is 11.2 Å². The van der Waals surface area contributed by atoms with Crippen molar-refractivity contribution >= 4 is 17.1 Å². The molecule has 0 bridgehead atoms. The molecule has 5 nitrogen and oxygen atoms in total. The van der Waals surface area contributed by atoms with E-state index in [9.17, 15) is 10.1 Å². The first kappa shape index (κ1) is 17.4. The summed E-state index contributed by atoms with van der Waals surface area (Å²) in [5, 5.41) is 22.1. The zero-order valence-corrected chi connectivity index (χ0v) is 16.0. The summed E-state index contributed by atoms with van der Waals surface area (Å²) in [7, 11) is 0. The van der Waals surface area contributed by atoms with Gasteiger partial charge in [-0.3, -0.25) is 4.79 Å². The van der Waals surface area contributed by atoms with E-state index in [4.69, 9.17) is 0 Å². The highest BCUT2D eigenvalue weighted by molar-refractivity contribution is 7.08. The van der Waals surface area contributed by atoms with Crippen LogP contribution >= 0.6 is 11.3 Å². The lowest BCUT2D eigenvalue weighted by atomic mass is 9.65. The number of carbonyl (C=O) groups is 1. The molecule has 2 heterocycles. The molecule has 2 aromatic rings. The predicted octanol–water partition coefficient (Wildman–Crippen LogP) is 4.46. The molecule has 0 saturated heterocycles. The van der Waals surface area contributed by atoms with Crippen LogP contribution in [0.1, 0.15) is 74.3 Å². The van der Waals surface area contributed by atoms with Gasteiger partial charge in [0.1, 0.15) is 0 Å². The van der Waals surface area contributed by atoms with E-state index in [0.29, 0.717) is 12.3 Å². The van der Waals surface area contributed by atoms with E-state index < -0.39 is 5.54 Å². The van der Waals surface area contributed by atoms with Gasteiger partial charge in [0.25, 0.3) is 0 Å². The predicted molar refractivity (Wildman–Crippen MR) is 100 cm³/mol. The first-order valence-electron chi connectivity index (χ1n) is 9.47. The minimum Gasteiger partial charge on any atom is -0.294 e. The summed E-state index contributed by atoms with van der Waals surface area (Å²) in [6, 6.07) is 4.27. The molecule has 2 fully saturated rings. The fraction of sp³-hybridized carbons (Fsp3) is 0.600. The molecule has 0 N–H and O–H groups in total. The lowest BCUT2D eigenvalue weighted by molar-refractivity contribution is 0.0908. The lowest BCUT2D eigenvalue weighted by Gasteiger charge is -2.38. The zero-order chi connectivity index (χ0) is 18.2. The van der Waals surface area contributed by atoms with Gasteiger partial charge in [0, 0.05) is 22.8 Å². The molecule has 0 radical (unpaired) electrons. The third-order valence-electron chi connectivity index (χ3n) is 6.33. The normalized spacial score (nSPS) is 21.7. The summed E-state index contributed by atoms with van der Waals surface area (Å²) in [4.78, 5) is 12.9. The molecule has 2 aliphatic rings. The smallest absolute Gasteiger partial charge is 0.164 e. The minimum atomic E-state index is -0.504. The Bertz CT molecular complexity index is 824. The molecule has 0 spiro atoms. The first-order chi connectivity index (χ1) is 12.6. The molecule has 0 amide bonds. The summed E-state index contributed by atoms with van der Waals surface area (Å²) >= 11 is 1.56. The van der Waals surface area contributed by atoms with Crippen molar-refractivity contribution in [1.82, 2.24) is 15.0 Å². The van der Waals surface area contributed by atoms with Gasteiger partial charge >= 0.3 is 0 Å². The monoisotopic (exact) mass is 368 g/mol. The number of nitriles is 1. The highest BCUT2D eigenvalue weighted by Crippen LogP contribution is 2.46. The van der Waals surface area contributed by atoms with Crippen LogP contribution in [0, 0.1) is 17.2 Å². The molecule has 0 aromatic carbocycles. The van der Waals surface area contributed by atoms with Crippen molar-refractivity contribution in [3.63, 3.8) is 0 Å². The molecule has 0 aliphatic heterocycles. The second-order valence-corrected chi connectivity index (χ2v) is 8.84. The number of hydrogen-bond donors (Lipinski definition) is 0. The fourth-order valence-electron chi connectivity index (χ4n) is 4.29. The van der Waals surface area contributed by atoms with E-state index >= 15 is 0 Å². The standard InChI is InChI=1S/C20H24N4OS/c1-19(16-5-3-2-4-6-16,11-17(25)15-7-10-26-13-15)18-12-24(23-22-18)20(14-21)8-9-20/h7,10,12-13,16H,2-6,8-9,11H2,1H3/t19-/m0/s1. The highest BCUT2D eigenvalue weighted by atomic mass is 32.1. The van der Waals surface area contributed by atoms with Gasteiger partial charge in [-0.15, -0.1) is 5.10 Å². The highest BCUT2D eigenvalue weighted by Gasteiger charge is 2.48. The average molecular weight is 369 g/mol. The Balaban J connectivity index is 1.66. The van der Waals surface area contributed by atoms with Crippen molar-refractivity contribution in [3.05, 3.63) is 34.3 Å². The number of carbonyl (C=O) groups excluding carboxylic acids is 1. The molecule has 4 rings (SSSR count). The third-order valence-corrected chi connectivity index (χ3v) is 7.01. The maximum atomic E-state index is 12.9. The van der Waals surface area contributed by atoms with E-state index in [1.807, 2.05) is 23.0 Å². The van der Waals surface area contributed by atoms with Gasteiger partial charge in [0.2, 0.25) is 0 Å². The van der Waals surface area contributed by atoms with Crippen LogP contribution in [0.4, 0.5) is 0 Å². The van der Waals surface area contributed by atoms with E-state index in [0.717, 1.165) is 36.9 Å². The quantitative estimate of drug-likeness (QED) is 0.706. The Morgan fingerprint density at radius 1 is 1.42 bits per heavy atom. The summed E-state index contributed by atoms with van der Waals surface area (Å²) in [6.45, 7) is 2.17. The van der Waals surface area contributed by atoms with Crippen LogP contribution in [-0.2, 0) is 11.0 Å². The number of hydrogen-bond acceptors (Lipinski definition) is 5. The van der Waals surface area contributed by atoms with Crippen molar-refractivity contribution < 1.29 is 4.79 Å². The van der Waals surface area contributed by atoms with E-state index in [2.05, 4.69) is 23.3 Å². The number of thiophene rings is 1. The van der Waals surface area contributed by atoms with Crippen molar-refractivity contribution in [1.29, 1.82) is 5.26 Å². The van der Waals surface area contributed by atoms with E-state index in [1.54, 1.807) is 16.0 Å². The Hall–Kier alpha value is -2.00. The molecule has 6 heteroatoms. The van der Waals surface area contributed by atoms with Crippen LogP contribution in [0.25, 0.3) is 0 Å². The summed E-state index contributed by atoms with van der Waals surface area (Å²) in [6.07, 6.45) is 10.0. The molecule has 2 aliphatic carbocycles. The van der Waals surface area contributed by atoms with Crippen molar-refractivity contribution in [2.75, 3.05) is 0 Å². The second-order valence-electron chi connectivity index (χ2n) is 8.06. The summed E-state index contributed by atoms with van der Waals surface area (Å²) in [5.74, 6) is 0.608. The van der Waals surface area contributed by atoms with Gasteiger partial charge in [-0.1, -0.05) is 31.4 Å². The molecular weight excluding hydrogens is 344 g/mol. The first-order valence-corrected chi connectivity index (χ1v) is 10.4. The zero-order valence-electron chi connectivity index (χ0n) is 15.1. The molecule has 1 atom stereocenters. The number of rotatable bonds is 6. The Morgan fingerprint density at radius 2 is 2.19 bits per heavy atom. The van der Waals surface area contributed by atoms with Gasteiger partial charge in [-0.2, -0.15) is 16.6 Å². The molecule has 2 aromatic heterocycles. The minimum absolute atomic E-state index is 0.176. The van der Waals surface area contributed by atoms with Crippen LogP contribution in [0.2, 0.25) is 0 Å². The van der Waals surface area contributed by atoms with Gasteiger partial charge < -0.3 is 0 Å². The SMILES string of the molecule is C[C@@](CC(=O)c1ccsc1)(c1cn(C2(C#N)CC2)nn1)C1CCCCC1. The summed E-state index contributed by atoms with van der Waals surface area (Å²) < 4.78 is 1.73. The number of aromatic nitrogens is 3. The number of Topliss-reactive ketones (excluding diaryl/α,β-unsaturated/α-hetero) is 1. The van der Waals surface area contributed by atoms with Crippen LogP contribution in [-0.4, -0.2) is 20.8 Å². The lowest BCUT2D eigenvalue weighted by Crippen LogP contribution is -2.36. The molecule has 2 saturated carbocycles. The van der Waals surface area contributed by atoms with Crippen LogP contribution in [0.3, 0.4) is 0 Å². The van der Waals surface area contributed by atoms with Crippen molar-refractivity contribution in [2.24, 2.45) is 5.92 Å². The molecule has 136 valence electrons.